The molecule has 2 heterocycles. The lowest BCUT2D eigenvalue weighted by molar-refractivity contribution is 0.0911. The predicted molar refractivity (Wildman–Crippen MR) is 85.3 cm³/mol. The Labute approximate surface area is 131 Å². The topological polar surface area (TPSA) is 59.7 Å². The Balaban J connectivity index is 2.32. The summed E-state index contributed by atoms with van der Waals surface area (Å²) in [6, 6.07) is 0. The van der Waals surface area contributed by atoms with Crippen molar-refractivity contribution >= 4 is 22.6 Å². The first kappa shape index (κ1) is 15.3. The van der Waals surface area contributed by atoms with Crippen molar-refractivity contribution in [2.24, 2.45) is 0 Å². The van der Waals surface area contributed by atoms with Crippen molar-refractivity contribution in [1.82, 2.24) is 0 Å². The largest absolute Gasteiger partial charge is 0.507 e. The van der Waals surface area contributed by atoms with Crippen molar-refractivity contribution in [3.8, 4) is 5.75 Å². The standard InChI is InChI=1S/C15H17IO4/c1-8(6-16)4-11-5-12(19-7-11)14-9(2)13(17)10(3)15(18)20-14/h4,6,12,17H,5,7H2,1-3H3/b8-6-,11-4-/t12-/m1/s1. The summed E-state index contributed by atoms with van der Waals surface area (Å²) >= 11 is 2.19. The van der Waals surface area contributed by atoms with Crippen molar-refractivity contribution in [1.29, 1.82) is 0 Å². The van der Waals surface area contributed by atoms with Crippen LogP contribution in [0.3, 0.4) is 0 Å². The summed E-state index contributed by atoms with van der Waals surface area (Å²) in [6.07, 6.45) is 2.45. The van der Waals surface area contributed by atoms with Gasteiger partial charge in [0, 0.05) is 12.0 Å². The Bertz CT molecular complexity index is 640. The SMILES string of the molecule is CC(=C/I)/C=C1\CO[C@@H](c2oc(=O)c(C)c(O)c2C)C1. The maximum absolute atomic E-state index is 11.7. The first-order chi connectivity index (χ1) is 9.43. The van der Waals surface area contributed by atoms with Gasteiger partial charge in [-0.25, -0.2) is 4.79 Å². The van der Waals surface area contributed by atoms with E-state index in [-0.39, 0.29) is 17.4 Å². The Morgan fingerprint density at radius 2 is 2.10 bits per heavy atom. The fourth-order valence-corrected chi connectivity index (χ4v) is 2.42. The number of aromatic hydroxyl groups is 1. The molecule has 1 aliphatic heterocycles. The molecule has 1 aromatic rings. The van der Waals surface area contributed by atoms with Gasteiger partial charge in [-0.15, -0.1) is 0 Å². The quantitative estimate of drug-likeness (QED) is 0.786. The van der Waals surface area contributed by atoms with Crippen LogP contribution in [0.4, 0.5) is 0 Å². The molecule has 4 nitrogen and oxygen atoms in total. The first-order valence-electron chi connectivity index (χ1n) is 6.35. The lowest BCUT2D eigenvalue weighted by Gasteiger charge is -2.12. The molecule has 0 aliphatic carbocycles. The molecular formula is C15H17IO4. The zero-order valence-corrected chi connectivity index (χ0v) is 13.9. The van der Waals surface area contributed by atoms with Gasteiger partial charge in [-0.05, 0) is 36.0 Å². The average Bonchev–Trinajstić information content (AvgIpc) is 2.88. The highest BCUT2D eigenvalue weighted by Crippen LogP contribution is 2.36. The first-order valence-corrected chi connectivity index (χ1v) is 7.59. The number of halogens is 1. The molecule has 0 saturated carbocycles. The highest BCUT2D eigenvalue weighted by molar-refractivity contribution is 14.1. The van der Waals surface area contributed by atoms with E-state index in [9.17, 15) is 9.90 Å². The molecule has 1 atom stereocenters. The molecule has 1 N–H and O–H groups in total. The number of hydrogen-bond donors (Lipinski definition) is 1. The van der Waals surface area contributed by atoms with Crippen LogP contribution >= 0.6 is 22.6 Å². The highest BCUT2D eigenvalue weighted by atomic mass is 127. The molecule has 0 spiro atoms. The smallest absolute Gasteiger partial charge is 0.342 e. The maximum atomic E-state index is 11.7. The summed E-state index contributed by atoms with van der Waals surface area (Å²) in [5, 5.41) is 9.94. The van der Waals surface area contributed by atoms with Crippen molar-refractivity contribution in [2.45, 2.75) is 33.3 Å². The van der Waals surface area contributed by atoms with Crippen LogP contribution < -0.4 is 5.63 Å². The molecule has 0 radical (unpaired) electrons. The zero-order valence-electron chi connectivity index (χ0n) is 11.7. The Morgan fingerprint density at radius 1 is 1.40 bits per heavy atom. The minimum absolute atomic E-state index is 0.000572. The Morgan fingerprint density at radius 3 is 2.75 bits per heavy atom. The minimum atomic E-state index is -0.507. The Kier molecular flexibility index (Phi) is 4.70. The number of hydrogen-bond acceptors (Lipinski definition) is 4. The van der Waals surface area contributed by atoms with Crippen molar-refractivity contribution < 1.29 is 14.3 Å². The molecule has 1 aliphatic rings. The summed E-state index contributed by atoms with van der Waals surface area (Å²) in [5.74, 6) is 0.429. The van der Waals surface area contributed by atoms with Crippen molar-refractivity contribution in [3.63, 3.8) is 0 Å². The van der Waals surface area contributed by atoms with Crippen LogP contribution in [0.25, 0.3) is 0 Å². The third-order valence-corrected chi connectivity index (χ3v) is 4.39. The van der Waals surface area contributed by atoms with E-state index in [2.05, 4.69) is 28.7 Å². The van der Waals surface area contributed by atoms with E-state index >= 15 is 0 Å². The third kappa shape index (κ3) is 2.98. The van der Waals surface area contributed by atoms with Gasteiger partial charge in [-0.2, -0.15) is 0 Å². The number of allylic oxidation sites excluding steroid dienone is 2. The average molecular weight is 388 g/mol. The zero-order chi connectivity index (χ0) is 14.9. The molecular weight excluding hydrogens is 371 g/mol. The van der Waals surface area contributed by atoms with Crippen LogP contribution in [-0.4, -0.2) is 11.7 Å². The van der Waals surface area contributed by atoms with Gasteiger partial charge in [0.05, 0.1) is 12.2 Å². The van der Waals surface area contributed by atoms with E-state index in [1.54, 1.807) is 13.8 Å². The van der Waals surface area contributed by atoms with Crippen LogP contribution in [0.1, 0.15) is 36.3 Å². The monoisotopic (exact) mass is 388 g/mol. The molecule has 1 aromatic heterocycles. The predicted octanol–water partition coefficient (Wildman–Crippen LogP) is 3.69. The lowest BCUT2D eigenvalue weighted by atomic mass is 10.0. The fraction of sp³-hybridized carbons (Fsp3) is 0.400. The van der Waals surface area contributed by atoms with Gasteiger partial charge < -0.3 is 14.3 Å². The van der Waals surface area contributed by atoms with Gasteiger partial charge in [0.2, 0.25) is 0 Å². The normalized spacial score (nSPS) is 21.7. The highest BCUT2D eigenvalue weighted by Gasteiger charge is 2.27. The number of rotatable bonds is 2. The molecule has 0 amide bonds. The second kappa shape index (κ2) is 6.13. The third-order valence-electron chi connectivity index (χ3n) is 3.40. The summed E-state index contributed by atoms with van der Waals surface area (Å²) in [6.45, 7) is 5.83. The molecule has 2 rings (SSSR count). The molecule has 5 heteroatoms. The number of ether oxygens (including phenoxy) is 1. The molecule has 0 unspecified atom stereocenters. The molecule has 20 heavy (non-hydrogen) atoms. The van der Waals surface area contributed by atoms with Crippen molar-refractivity contribution in [3.05, 3.63) is 48.6 Å². The van der Waals surface area contributed by atoms with Gasteiger partial charge in [-0.3, -0.25) is 0 Å². The van der Waals surface area contributed by atoms with Gasteiger partial charge in [0.15, 0.2) is 0 Å². The van der Waals surface area contributed by atoms with E-state index < -0.39 is 5.63 Å². The molecule has 1 saturated heterocycles. The van der Waals surface area contributed by atoms with Crippen LogP contribution in [0, 0.1) is 13.8 Å². The van der Waals surface area contributed by atoms with Gasteiger partial charge in [-0.1, -0.05) is 28.7 Å². The van der Waals surface area contributed by atoms with Gasteiger partial charge >= 0.3 is 5.63 Å². The van der Waals surface area contributed by atoms with Crippen LogP contribution in [0.5, 0.6) is 5.75 Å². The van der Waals surface area contributed by atoms with Crippen LogP contribution in [0.2, 0.25) is 0 Å². The van der Waals surface area contributed by atoms with Gasteiger partial charge in [0.25, 0.3) is 0 Å². The molecule has 0 bridgehead atoms. The van der Waals surface area contributed by atoms with E-state index in [4.69, 9.17) is 9.15 Å². The second-order valence-electron chi connectivity index (χ2n) is 5.01. The molecule has 0 aromatic carbocycles. The van der Waals surface area contributed by atoms with Crippen LogP contribution in [-0.2, 0) is 4.74 Å². The Hall–Kier alpha value is -1.08. The summed E-state index contributed by atoms with van der Waals surface area (Å²) < 4.78 is 13.0. The van der Waals surface area contributed by atoms with Crippen molar-refractivity contribution in [2.75, 3.05) is 6.61 Å². The van der Waals surface area contributed by atoms with E-state index in [0.717, 1.165) is 11.1 Å². The fourth-order valence-electron chi connectivity index (χ4n) is 2.24. The van der Waals surface area contributed by atoms with E-state index in [1.807, 2.05) is 11.0 Å². The summed E-state index contributed by atoms with van der Waals surface area (Å²) in [5.41, 5.74) is 2.63. The summed E-state index contributed by atoms with van der Waals surface area (Å²) in [4.78, 5) is 11.7. The van der Waals surface area contributed by atoms with Gasteiger partial charge in [0.1, 0.15) is 17.6 Å². The maximum Gasteiger partial charge on any atom is 0.342 e. The second-order valence-corrected chi connectivity index (χ2v) is 5.63. The molecule has 1 fully saturated rings. The van der Waals surface area contributed by atoms with Crippen LogP contribution in [0.15, 0.2) is 30.5 Å². The summed E-state index contributed by atoms with van der Waals surface area (Å²) in [7, 11) is 0. The molecule has 108 valence electrons. The van der Waals surface area contributed by atoms with E-state index in [0.29, 0.717) is 24.4 Å². The lowest BCUT2D eigenvalue weighted by Crippen LogP contribution is -2.10. The van der Waals surface area contributed by atoms with E-state index in [1.165, 1.54) is 0 Å². The minimum Gasteiger partial charge on any atom is -0.507 e.